The smallest absolute Gasteiger partial charge is 0.254 e. The van der Waals surface area contributed by atoms with Crippen LogP contribution < -0.4 is 9.88 Å². The lowest BCUT2D eigenvalue weighted by atomic mass is 10.2. The van der Waals surface area contributed by atoms with E-state index in [-0.39, 0.29) is 5.91 Å². The maximum atomic E-state index is 12.5. The number of amides is 1. The molecule has 0 radical (unpaired) electrons. The molecule has 0 bridgehead atoms. The topological polar surface area (TPSA) is 38.9 Å². The van der Waals surface area contributed by atoms with Crippen molar-refractivity contribution in [1.29, 1.82) is 0 Å². The van der Waals surface area contributed by atoms with Crippen LogP contribution in [0.25, 0.3) is 0 Å². The summed E-state index contributed by atoms with van der Waals surface area (Å²) < 4.78 is 0. The normalized spacial score (nSPS) is 15.8. The Kier molecular flexibility index (Phi) is 4.71. The number of hydrogen-bond donors (Lipinski definition) is 1. The first-order valence-electron chi connectivity index (χ1n) is 7.56. The van der Waals surface area contributed by atoms with E-state index in [1.165, 1.54) is 10.6 Å². The summed E-state index contributed by atoms with van der Waals surface area (Å²) in [6.45, 7) is 4.48. The van der Waals surface area contributed by atoms with Gasteiger partial charge in [0, 0.05) is 22.7 Å². The lowest BCUT2D eigenvalue weighted by molar-refractivity contribution is -0.921. The van der Waals surface area contributed by atoms with Gasteiger partial charge in [0.2, 0.25) is 5.69 Å². The number of aromatic nitrogens is 1. The van der Waals surface area contributed by atoms with E-state index in [4.69, 9.17) is 11.6 Å². The highest BCUT2D eigenvalue weighted by atomic mass is 35.5. The maximum absolute atomic E-state index is 12.5. The van der Waals surface area contributed by atoms with Crippen LogP contribution >= 0.6 is 11.6 Å². The number of piperazine rings is 1. The summed E-state index contributed by atoms with van der Waals surface area (Å²) in [5, 5.41) is 0.606. The third-order valence-electron chi connectivity index (χ3n) is 4.04. The third-order valence-corrected chi connectivity index (χ3v) is 4.28. The number of nitrogens with one attached hydrogen (secondary N) is 2. The van der Waals surface area contributed by atoms with Crippen LogP contribution in [0.4, 0.5) is 0 Å². The molecule has 2 aromatic rings. The molecule has 1 aromatic heterocycles. The van der Waals surface area contributed by atoms with Crippen LogP contribution in [0.2, 0.25) is 5.02 Å². The molecular weight excluding hydrogens is 298 g/mol. The highest BCUT2D eigenvalue weighted by Crippen LogP contribution is 2.12. The summed E-state index contributed by atoms with van der Waals surface area (Å²) in [7, 11) is 0. The second-order valence-corrected chi connectivity index (χ2v) is 6.05. The average Bonchev–Trinajstić information content (AvgIpc) is 2.56. The number of benzene rings is 1. The van der Waals surface area contributed by atoms with Gasteiger partial charge in [-0.15, -0.1) is 0 Å². The Labute approximate surface area is 135 Å². The Bertz CT molecular complexity index is 639. The van der Waals surface area contributed by atoms with Crippen LogP contribution in [0.1, 0.15) is 16.1 Å². The quantitative estimate of drug-likeness (QED) is 0.889. The van der Waals surface area contributed by atoms with E-state index in [9.17, 15) is 4.79 Å². The van der Waals surface area contributed by atoms with Gasteiger partial charge in [-0.05, 0) is 24.3 Å². The Morgan fingerprint density at radius 2 is 2.00 bits per heavy atom. The Morgan fingerprint density at radius 3 is 2.68 bits per heavy atom. The van der Waals surface area contributed by atoms with Crippen LogP contribution in [0, 0.1) is 0 Å². The zero-order chi connectivity index (χ0) is 15.4. The average molecular weight is 318 g/mol. The number of carbonyl (C=O) groups excluding carboxylic acids is 1. The minimum atomic E-state index is 0.0767. The van der Waals surface area contributed by atoms with Crippen LogP contribution in [0.3, 0.4) is 0 Å². The van der Waals surface area contributed by atoms with Gasteiger partial charge in [-0.3, -0.25) is 4.79 Å². The van der Waals surface area contributed by atoms with Crippen LogP contribution in [0.15, 0.2) is 48.7 Å². The van der Waals surface area contributed by atoms with Gasteiger partial charge in [0.25, 0.3) is 5.91 Å². The molecule has 1 amide bonds. The molecular formula is C17H20ClN3O+2. The molecule has 1 aliphatic rings. The molecule has 4 nitrogen and oxygen atoms in total. The summed E-state index contributed by atoms with van der Waals surface area (Å²) in [6, 6.07) is 13.3. The van der Waals surface area contributed by atoms with E-state index < -0.39 is 0 Å². The molecule has 0 saturated carbocycles. The fraction of sp³-hybridized carbons (Fsp3) is 0.294. The molecule has 1 saturated heterocycles. The van der Waals surface area contributed by atoms with Crippen molar-refractivity contribution >= 4 is 17.5 Å². The minimum absolute atomic E-state index is 0.0767. The van der Waals surface area contributed by atoms with Crippen molar-refractivity contribution in [2.45, 2.75) is 6.54 Å². The molecule has 1 aromatic carbocycles. The summed E-state index contributed by atoms with van der Waals surface area (Å²) in [5.41, 5.74) is 1.90. The monoisotopic (exact) mass is 317 g/mol. The molecule has 0 aliphatic carbocycles. The minimum Gasteiger partial charge on any atom is -0.327 e. The van der Waals surface area contributed by atoms with E-state index >= 15 is 0 Å². The highest BCUT2D eigenvalue weighted by Gasteiger charge is 2.25. The van der Waals surface area contributed by atoms with E-state index in [2.05, 4.69) is 11.1 Å². The Hall–Kier alpha value is -1.91. The third kappa shape index (κ3) is 3.64. The van der Waals surface area contributed by atoms with E-state index in [0.717, 1.165) is 32.7 Å². The maximum Gasteiger partial charge on any atom is 0.254 e. The van der Waals surface area contributed by atoms with Gasteiger partial charge < -0.3 is 9.80 Å². The van der Waals surface area contributed by atoms with E-state index in [0.29, 0.717) is 10.6 Å². The van der Waals surface area contributed by atoms with Crippen LogP contribution in [-0.4, -0.2) is 37.0 Å². The summed E-state index contributed by atoms with van der Waals surface area (Å²) in [4.78, 5) is 19.2. The molecule has 114 valence electrons. The Morgan fingerprint density at radius 1 is 1.18 bits per heavy atom. The number of hydrogen-bond acceptors (Lipinski definition) is 1. The predicted octanol–water partition coefficient (Wildman–Crippen LogP) is 0.695. The highest BCUT2D eigenvalue weighted by molar-refractivity contribution is 6.30. The molecule has 1 aliphatic heterocycles. The number of quaternary nitrogens is 1. The summed E-state index contributed by atoms with van der Waals surface area (Å²) in [6.07, 6.45) is 1.95. The first kappa shape index (κ1) is 15.0. The SMILES string of the molecule is O=C(c1cccc(Cl)c1)N1CC[NH+](Cc2cccc[nH+]2)CC1. The molecule has 2 N–H and O–H groups in total. The number of aromatic amines is 1. The van der Waals surface area contributed by atoms with Gasteiger partial charge >= 0.3 is 0 Å². The Balaban J connectivity index is 1.56. The number of pyridine rings is 1. The second kappa shape index (κ2) is 6.90. The van der Waals surface area contributed by atoms with Gasteiger partial charge in [-0.1, -0.05) is 17.7 Å². The van der Waals surface area contributed by atoms with E-state index in [1.54, 1.807) is 12.1 Å². The van der Waals surface area contributed by atoms with Gasteiger partial charge in [0.05, 0.1) is 26.2 Å². The van der Waals surface area contributed by atoms with Crippen molar-refractivity contribution in [2.24, 2.45) is 0 Å². The van der Waals surface area contributed by atoms with Crippen molar-refractivity contribution in [3.8, 4) is 0 Å². The first-order valence-corrected chi connectivity index (χ1v) is 7.94. The van der Waals surface area contributed by atoms with Crippen molar-refractivity contribution in [2.75, 3.05) is 26.2 Å². The standard InChI is InChI=1S/C17H18ClN3O/c18-15-5-3-4-14(12-15)17(22)21-10-8-20(9-11-21)13-16-6-1-2-7-19-16/h1-7,12H,8-11,13H2/p+2. The zero-order valence-corrected chi connectivity index (χ0v) is 13.1. The second-order valence-electron chi connectivity index (χ2n) is 5.62. The lowest BCUT2D eigenvalue weighted by Gasteiger charge is -2.31. The number of H-pyrrole nitrogens is 1. The molecule has 0 atom stereocenters. The van der Waals surface area contributed by atoms with Gasteiger partial charge in [0.15, 0.2) is 12.7 Å². The van der Waals surface area contributed by atoms with Gasteiger partial charge in [-0.25, -0.2) is 4.98 Å². The van der Waals surface area contributed by atoms with Crippen molar-refractivity contribution < 1.29 is 14.7 Å². The lowest BCUT2D eigenvalue weighted by Crippen LogP contribution is -3.13. The molecule has 5 heteroatoms. The molecule has 0 unspecified atom stereocenters. The van der Waals surface area contributed by atoms with Crippen molar-refractivity contribution in [3.05, 3.63) is 64.9 Å². The number of rotatable bonds is 3. The van der Waals surface area contributed by atoms with Crippen molar-refractivity contribution in [1.82, 2.24) is 4.90 Å². The largest absolute Gasteiger partial charge is 0.327 e. The fourth-order valence-corrected chi connectivity index (χ4v) is 3.01. The fourth-order valence-electron chi connectivity index (χ4n) is 2.82. The molecule has 22 heavy (non-hydrogen) atoms. The van der Waals surface area contributed by atoms with Gasteiger partial charge in [0.1, 0.15) is 0 Å². The zero-order valence-electron chi connectivity index (χ0n) is 12.4. The molecule has 2 heterocycles. The summed E-state index contributed by atoms with van der Waals surface area (Å²) >= 11 is 5.96. The van der Waals surface area contributed by atoms with Crippen molar-refractivity contribution in [3.63, 3.8) is 0 Å². The number of halogens is 1. The molecule has 3 rings (SSSR count). The number of nitrogens with zero attached hydrogens (tertiary/aromatic N) is 1. The first-order chi connectivity index (χ1) is 10.7. The molecule has 0 spiro atoms. The van der Waals surface area contributed by atoms with E-state index in [1.807, 2.05) is 35.4 Å². The van der Waals surface area contributed by atoms with Crippen LogP contribution in [-0.2, 0) is 6.54 Å². The van der Waals surface area contributed by atoms with Gasteiger partial charge in [-0.2, -0.15) is 0 Å². The predicted molar refractivity (Wildman–Crippen MR) is 84.8 cm³/mol. The molecule has 1 fully saturated rings. The van der Waals surface area contributed by atoms with Crippen LogP contribution in [0.5, 0.6) is 0 Å². The summed E-state index contributed by atoms with van der Waals surface area (Å²) in [5.74, 6) is 0.0767. The number of carbonyl (C=O) groups is 1.